The summed E-state index contributed by atoms with van der Waals surface area (Å²) in [6, 6.07) is 8.00. The van der Waals surface area contributed by atoms with E-state index >= 15 is 0 Å². The number of amides is 2. The Kier molecular flexibility index (Phi) is 6.57. The second-order valence-corrected chi connectivity index (χ2v) is 7.84. The minimum Gasteiger partial charge on any atom is -0.480 e. The molecule has 1 aliphatic heterocycles. The fourth-order valence-electron chi connectivity index (χ4n) is 3.69. The average molecular weight is 396 g/mol. The minimum atomic E-state index is -0.873. The molecule has 27 heavy (non-hydrogen) atoms. The summed E-state index contributed by atoms with van der Waals surface area (Å²) in [6.45, 7) is 1.93. The van der Waals surface area contributed by atoms with E-state index in [2.05, 4.69) is 11.4 Å². The van der Waals surface area contributed by atoms with Gasteiger partial charge in [-0.2, -0.15) is 0 Å². The van der Waals surface area contributed by atoms with Crippen LogP contribution in [0.1, 0.15) is 24.3 Å². The van der Waals surface area contributed by atoms with Gasteiger partial charge in [0.1, 0.15) is 0 Å². The molecular weight excluding hydrogens is 370 g/mol. The van der Waals surface area contributed by atoms with Crippen molar-refractivity contribution in [1.29, 1.82) is 0 Å². The number of hydrogen-bond acceptors (Lipinski definition) is 4. The second kappa shape index (κ2) is 8.91. The van der Waals surface area contributed by atoms with Gasteiger partial charge in [0.2, 0.25) is 0 Å². The highest BCUT2D eigenvalue weighted by molar-refractivity contribution is 6.30. The van der Waals surface area contributed by atoms with Crippen LogP contribution in [0.5, 0.6) is 0 Å². The first-order valence-electron chi connectivity index (χ1n) is 9.23. The van der Waals surface area contributed by atoms with Crippen molar-refractivity contribution >= 4 is 23.6 Å². The maximum Gasteiger partial charge on any atom is 0.317 e. The van der Waals surface area contributed by atoms with E-state index in [0.29, 0.717) is 32.2 Å². The number of carbonyl (C=O) groups excluding carboxylic acids is 1. The molecule has 1 saturated heterocycles. The number of halogens is 1. The summed E-state index contributed by atoms with van der Waals surface area (Å²) >= 11 is 6.05. The molecule has 2 amide bonds. The van der Waals surface area contributed by atoms with Gasteiger partial charge >= 0.3 is 12.0 Å². The van der Waals surface area contributed by atoms with E-state index in [1.807, 2.05) is 18.2 Å². The van der Waals surface area contributed by atoms with Crippen LogP contribution in [0.4, 0.5) is 4.79 Å². The van der Waals surface area contributed by atoms with E-state index in [9.17, 15) is 9.59 Å². The number of ether oxygens (including phenoxy) is 1. The van der Waals surface area contributed by atoms with Crippen LogP contribution in [-0.4, -0.2) is 78.9 Å². The average Bonchev–Trinajstić information content (AvgIpc) is 2.57. The number of rotatable bonds is 6. The van der Waals surface area contributed by atoms with Gasteiger partial charge in [-0.15, -0.1) is 0 Å². The Morgan fingerprint density at radius 1 is 1.41 bits per heavy atom. The monoisotopic (exact) mass is 395 g/mol. The number of likely N-dealkylation sites (N-methyl/N-ethyl adjacent to an activating group) is 1. The van der Waals surface area contributed by atoms with Crippen molar-refractivity contribution in [3.8, 4) is 0 Å². The smallest absolute Gasteiger partial charge is 0.317 e. The Hall–Kier alpha value is -1.83. The molecule has 3 rings (SSSR count). The van der Waals surface area contributed by atoms with Crippen LogP contribution in [0.15, 0.2) is 24.3 Å². The van der Waals surface area contributed by atoms with Gasteiger partial charge < -0.3 is 20.1 Å². The number of aliphatic carboxylic acids is 1. The number of nitrogens with zero attached hydrogens (tertiary/aromatic N) is 2. The zero-order valence-corrected chi connectivity index (χ0v) is 16.2. The quantitative estimate of drug-likeness (QED) is 0.770. The van der Waals surface area contributed by atoms with Gasteiger partial charge in [-0.3, -0.25) is 9.69 Å². The van der Waals surface area contributed by atoms with E-state index in [1.54, 1.807) is 16.8 Å². The van der Waals surface area contributed by atoms with Crippen molar-refractivity contribution in [3.63, 3.8) is 0 Å². The predicted octanol–water partition coefficient (Wildman–Crippen LogP) is 2.01. The highest BCUT2D eigenvalue weighted by Gasteiger charge is 2.33. The van der Waals surface area contributed by atoms with Crippen molar-refractivity contribution < 1.29 is 19.4 Å². The van der Waals surface area contributed by atoms with E-state index in [0.717, 1.165) is 17.9 Å². The number of urea groups is 1. The fourth-order valence-corrected chi connectivity index (χ4v) is 3.89. The van der Waals surface area contributed by atoms with Gasteiger partial charge in [0.25, 0.3) is 0 Å². The first-order valence-corrected chi connectivity index (χ1v) is 9.61. The molecule has 0 bridgehead atoms. The molecule has 0 radical (unpaired) electrons. The summed E-state index contributed by atoms with van der Waals surface area (Å²) in [5, 5.41) is 12.7. The lowest BCUT2D eigenvalue weighted by molar-refractivity contribution is -0.138. The first-order chi connectivity index (χ1) is 12.9. The van der Waals surface area contributed by atoms with Crippen LogP contribution in [0.2, 0.25) is 5.02 Å². The lowest BCUT2D eigenvalue weighted by Crippen LogP contribution is -2.55. The van der Waals surface area contributed by atoms with Gasteiger partial charge in [0, 0.05) is 30.7 Å². The highest BCUT2D eigenvalue weighted by Crippen LogP contribution is 2.37. The summed E-state index contributed by atoms with van der Waals surface area (Å²) in [4.78, 5) is 26.8. The molecule has 1 aromatic carbocycles. The molecule has 8 heteroatoms. The lowest BCUT2D eigenvalue weighted by Gasteiger charge is -2.39. The third-order valence-electron chi connectivity index (χ3n) is 5.13. The Morgan fingerprint density at radius 3 is 2.89 bits per heavy atom. The highest BCUT2D eigenvalue weighted by atomic mass is 35.5. The van der Waals surface area contributed by atoms with Crippen LogP contribution >= 0.6 is 11.6 Å². The first kappa shape index (κ1) is 19.9. The van der Waals surface area contributed by atoms with E-state index < -0.39 is 5.97 Å². The maximum atomic E-state index is 12.5. The Morgan fingerprint density at radius 2 is 2.19 bits per heavy atom. The van der Waals surface area contributed by atoms with Crippen molar-refractivity contribution in [2.24, 2.45) is 0 Å². The predicted molar refractivity (Wildman–Crippen MR) is 102 cm³/mol. The Bertz CT molecular complexity index is 681. The number of carboxylic acid groups (broad SMARTS) is 1. The van der Waals surface area contributed by atoms with Gasteiger partial charge in [-0.25, -0.2) is 4.79 Å². The molecule has 1 atom stereocenters. The minimum absolute atomic E-state index is 0.0426. The summed E-state index contributed by atoms with van der Waals surface area (Å²) in [5.74, 6) is -0.432. The van der Waals surface area contributed by atoms with Crippen LogP contribution in [0.25, 0.3) is 0 Å². The molecule has 1 aromatic rings. The van der Waals surface area contributed by atoms with Crippen LogP contribution in [0, 0.1) is 0 Å². The molecule has 1 heterocycles. The third-order valence-corrected chi connectivity index (χ3v) is 5.37. The third kappa shape index (κ3) is 5.57. The molecule has 2 aliphatic rings. The standard InChI is InChI=1S/C19H26ClN3O4/c1-22(12-18(24)25)10-17-11-23(5-6-27-17)19(26)21-16-8-14(9-16)13-3-2-4-15(20)7-13/h2-4,7,14,16-17H,5-6,8-12H2,1H3,(H,21,26)(H,24,25). The van der Waals surface area contributed by atoms with E-state index in [4.69, 9.17) is 21.4 Å². The number of carboxylic acids is 1. The zero-order valence-electron chi connectivity index (χ0n) is 15.4. The maximum absolute atomic E-state index is 12.5. The van der Waals surface area contributed by atoms with E-state index in [-0.39, 0.29) is 24.7 Å². The lowest BCUT2D eigenvalue weighted by atomic mass is 9.76. The number of morpholine rings is 1. The van der Waals surface area contributed by atoms with Crippen molar-refractivity contribution in [2.75, 3.05) is 39.8 Å². The molecule has 0 spiro atoms. The Labute approximate surface area is 164 Å². The zero-order chi connectivity index (χ0) is 19.4. The van der Waals surface area contributed by atoms with Crippen molar-refractivity contribution in [2.45, 2.75) is 30.9 Å². The van der Waals surface area contributed by atoms with Crippen molar-refractivity contribution in [1.82, 2.24) is 15.1 Å². The SMILES string of the molecule is CN(CC(=O)O)CC1CN(C(=O)NC2CC(c3cccc(Cl)c3)C2)CCO1. The van der Waals surface area contributed by atoms with Gasteiger partial charge in [-0.1, -0.05) is 23.7 Å². The molecule has 1 aliphatic carbocycles. The molecule has 1 saturated carbocycles. The molecule has 2 N–H and O–H groups in total. The van der Waals surface area contributed by atoms with Gasteiger partial charge in [0.15, 0.2) is 0 Å². The van der Waals surface area contributed by atoms with Crippen LogP contribution in [-0.2, 0) is 9.53 Å². The summed E-state index contributed by atoms with van der Waals surface area (Å²) in [6.07, 6.45) is 1.66. The largest absolute Gasteiger partial charge is 0.480 e. The Balaban J connectivity index is 1.42. The van der Waals surface area contributed by atoms with Gasteiger partial charge in [-0.05, 0) is 43.5 Å². The normalized spacial score (nSPS) is 25.1. The fraction of sp³-hybridized carbons (Fsp3) is 0.579. The van der Waals surface area contributed by atoms with Crippen LogP contribution < -0.4 is 5.32 Å². The molecule has 0 aromatic heterocycles. The number of benzene rings is 1. The molecule has 148 valence electrons. The summed E-state index contributed by atoms with van der Waals surface area (Å²) < 4.78 is 5.67. The molecule has 2 fully saturated rings. The van der Waals surface area contributed by atoms with Crippen LogP contribution in [0.3, 0.4) is 0 Å². The topological polar surface area (TPSA) is 82.1 Å². The van der Waals surface area contributed by atoms with Gasteiger partial charge in [0.05, 0.1) is 19.3 Å². The molecular formula is C19H26ClN3O4. The number of nitrogens with one attached hydrogen (secondary N) is 1. The number of hydrogen-bond donors (Lipinski definition) is 2. The van der Waals surface area contributed by atoms with E-state index in [1.165, 1.54) is 5.56 Å². The van der Waals surface area contributed by atoms with Crippen molar-refractivity contribution in [3.05, 3.63) is 34.9 Å². The second-order valence-electron chi connectivity index (χ2n) is 7.40. The summed E-state index contributed by atoms with van der Waals surface area (Å²) in [7, 11) is 1.74. The molecule has 1 unspecified atom stereocenters. The molecule has 7 nitrogen and oxygen atoms in total. The number of carbonyl (C=O) groups is 2. The summed E-state index contributed by atoms with van der Waals surface area (Å²) in [5.41, 5.74) is 1.22.